The van der Waals surface area contributed by atoms with Gasteiger partial charge < -0.3 is 14.8 Å². The third-order valence-corrected chi connectivity index (χ3v) is 6.41. The molecule has 156 valence electrons. The van der Waals surface area contributed by atoms with Crippen molar-refractivity contribution in [3.8, 4) is 11.5 Å². The van der Waals surface area contributed by atoms with Crippen molar-refractivity contribution >= 4 is 16.7 Å². The van der Waals surface area contributed by atoms with E-state index in [0.29, 0.717) is 13.0 Å². The first-order chi connectivity index (χ1) is 14.6. The largest absolute Gasteiger partial charge is 0.493 e. The summed E-state index contributed by atoms with van der Waals surface area (Å²) in [5.74, 6) is 1.54. The van der Waals surface area contributed by atoms with Crippen LogP contribution in [0.2, 0.25) is 0 Å². The lowest BCUT2D eigenvalue weighted by Crippen LogP contribution is -2.39. The zero-order valence-corrected chi connectivity index (χ0v) is 17.7. The number of carbonyl (C=O) groups excluding carboxylic acids is 1. The minimum atomic E-state index is -0.0477. The molecule has 1 amide bonds. The molecule has 0 atom stereocenters. The van der Waals surface area contributed by atoms with Gasteiger partial charge in [-0.3, -0.25) is 4.79 Å². The molecule has 0 heterocycles. The maximum Gasteiger partial charge on any atom is 0.224 e. The van der Waals surface area contributed by atoms with E-state index < -0.39 is 0 Å². The van der Waals surface area contributed by atoms with Crippen LogP contribution in [0.5, 0.6) is 11.5 Å². The number of fused-ring (bicyclic) bond motifs is 1. The Balaban J connectivity index is 1.51. The van der Waals surface area contributed by atoms with Gasteiger partial charge in [-0.15, -0.1) is 0 Å². The molecule has 4 nitrogen and oxygen atoms in total. The highest BCUT2D eigenvalue weighted by Crippen LogP contribution is 2.43. The fourth-order valence-electron chi connectivity index (χ4n) is 4.74. The number of hydrogen-bond donors (Lipinski definition) is 1. The van der Waals surface area contributed by atoms with Crippen LogP contribution < -0.4 is 14.8 Å². The van der Waals surface area contributed by atoms with E-state index in [1.165, 1.54) is 23.8 Å². The van der Waals surface area contributed by atoms with Crippen LogP contribution in [0.3, 0.4) is 0 Å². The molecular weight excluding hydrogens is 374 g/mol. The molecule has 0 saturated heterocycles. The fourth-order valence-corrected chi connectivity index (χ4v) is 4.74. The van der Waals surface area contributed by atoms with Crippen LogP contribution in [-0.4, -0.2) is 26.7 Å². The van der Waals surface area contributed by atoms with Crippen molar-refractivity contribution in [3.63, 3.8) is 0 Å². The van der Waals surface area contributed by atoms with E-state index in [2.05, 4.69) is 35.6 Å². The SMILES string of the molecule is COc1ccc(C2(CNC(=O)Cc3cccc4ccccc34)CCCC2)cc1OC. The van der Waals surface area contributed by atoms with E-state index >= 15 is 0 Å². The molecule has 3 aromatic carbocycles. The van der Waals surface area contributed by atoms with Crippen molar-refractivity contribution < 1.29 is 14.3 Å². The first-order valence-electron chi connectivity index (χ1n) is 10.6. The van der Waals surface area contributed by atoms with Crippen molar-refractivity contribution in [1.29, 1.82) is 0 Å². The second-order valence-electron chi connectivity index (χ2n) is 8.15. The molecule has 1 N–H and O–H groups in total. The van der Waals surface area contributed by atoms with Crippen LogP contribution in [0.1, 0.15) is 36.8 Å². The highest BCUT2D eigenvalue weighted by atomic mass is 16.5. The summed E-state index contributed by atoms with van der Waals surface area (Å²) in [5.41, 5.74) is 2.23. The van der Waals surface area contributed by atoms with Gasteiger partial charge in [0.1, 0.15) is 0 Å². The van der Waals surface area contributed by atoms with Crippen LogP contribution >= 0.6 is 0 Å². The third-order valence-electron chi connectivity index (χ3n) is 6.41. The van der Waals surface area contributed by atoms with Gasteiger partial charge in [-0.1, -0.05) is 61.4 Å². The Morgan fingerprint density at radius 2 is 1.67 bits per heavy atom. The number of benzene rings is 3. The van der Waals surface area contributed by atoms with E-state index in [4.69, 9.17) is 9.47 Å². The van der Waals surface area contributed by atoms with Crippen molar-refractivity contribution in [2.75, 3.05) is 20.8 Å². The van der Waals surface area contributed by atoms with Gasteiger partial charge in [0.15, 0.2) is 11.5 Å². The number of carbonyl (C=O) groups is 1. The number of amides is 1. The van der Waals surface area contributed by atoms with Gasteiger partial charge in [0.05, 0.1) is 20.6 Å². The summed E-state index contributed by atoms with van der Waals surface area (Å²) in [6, 6.07) is 20.5. The molecule has 1 aliphatic carbocycles. The van der Waals surface area contributed by atoms with Gasteiger partial charge >= 0.3 is 0 Å². The van der Waals surface area contributed by atoms with Crippen LogP contribution in [-0.2, 0) is 16.6 Å². The minimum Gasteiger partial charge on any atom is -0.493 e. The molecule has 30 heavy (non-hydrogen) atoms. The quantitative estimate of drug-likeness (QED) is 0.602. The summed E-state index contributed by atoms with van der Waals surface area (Å²) >= 11 is 0. The Bertz CT molecular complexity index is 1030. The summed E-state index contributed by atoms with van der Waals surface area (Å²) in [4.78, 5) is 12.9. The maximum atomic E-state index is 12.9. The number of ether oxygens (including phenoxy) is 2. The van der Waals surface area contributed by atoms with E-state index in [1.54, 1.807) is 14.2 Å². The van der Waals surface area contributed by atoms with E-state index in [0.717, 1.165) is 35.3 Å². The number of nitrogens with one attached hydrogen (secondary N) is 1. The van der Waals surface area contributed by atoms with Crippen LogP contribution in [0.4, 0.5) is 0 Å². The summed E-state index contributed by atoms with van der Waals surface area (Å²) in [7, 11) is 3.31. The van der Waals surface area contributed by atoms with Gasteiger partial charge in [-0.05, 0) is 46.9 Å². The average molecular weight is 404 g/mol. The van der Waals surface area contributed by atoms with Gasteiger partial charge in [-0.25, -0.2) is 0 Å². The first-order valence-corrected chi connectivity index (χ1v) is 10.6. The molecule has 4 heteroatoms. The van der Waals surface area contributed by atoms with Gasteiger partial charge in [0.25, 0.3) is 0 Å². The van der Waals surface area contributed by atoms with Crippen LogP contribution in [0, 0.1) is 0 Å². The molecule has 0 aromatic heterocycles. The Morgan fingerprint density at radius 1 is 0.933 bits per heavy atom. The zero-order valence-electron chi connectivity index (χ0n) is 17.7. The van der Waals surface area contributed by atoms with E-state index in [-0.39, 0.29) is 11.3 Å². The second-order valence-corrected chi connectivity index (χ2v) is 8.15. The minimum absolute atomic E-state index is 0.0477. The average Bonchev–Trinajstić information content (AvgIpc) is 3.28. The van der Waals surface area contributed by atoms with E-state index in [1.807, 2.05) is 30.3 Å². The predicted octanol–water partition coefficient (Wildman–Crippen LogP) is 5.03. The molecule has 0 aliphatic heterocycles. The summed E-state index contributed by atoms with van der Waals surface area (Å²) in [6.07, 6.45) is 4.87. The third kappa shape index (κ3) is 4.00. The Hall–Kier alpha value is -3.01. The number of methoxy groups -OCH3 is 2. The van der Waals surface area contributed by atoms with Crippen LogP contribution in [0.25, 0.3) is 10.8 Å². The van der Waals surface area contributed by atoms with Gasteiger partial charge in [-0.2, -0.15) is 0 Å². The highest BCUT2D eigenvalue weighted by molar-refractivity contribution is 5.90. The van der Waals surface area contributed by atoms with Crippen molar-refractivity contribution in [2.24, 2.45) is 0 Å². The lowest BCUT2D eigenvalue weighted by molar-refractivity contribution is -0.120. The monoisotopic (exact) mass is 403 g/mol. The first kappa shape index (κ1) is 20.3. The van der Waals surface area contributed by atoms with Gasteiger partial charge in [0.2, 0.25) is 5.91 Å². The van der Waals surface area contributed by atoms with Crippen molar-refractivity contribution in [3.05, 3.63) is 71.8 Å². The number of hydrogen-bond acceptors (Lipinski definition) is 3. The van der Waals surface area contributed by atoms with Crippen molar-refractivity contribution in [1.82, 2.24) is 5.32 Å². The summed E-state index contributed by atoms with van der Waals surface area (Å²) in [5, 5.41) is 5.54. The topological polar surface area (TPSA) is 47.6 Å². The molecule has 1 saturated carbocycles. The molecule has 3 aromatic rings. The Kier molecular flexibility index (Phi) is 5.93. The Morgan fingerprint density at radius 3 is 2.43 bits per heavy atom. The molecule has 1 aliphatic rings. The maximum absolute atomic E-state index is 12.9. The molecule has 4 rings (SSSR count). The lowest BCUT2D eigenvalue weighted by Gasteiger charge is -2.30. The molecule has 0 spiro atoms. The molecule has 1 fully saturated rings. The standard InChI is InChI=1S/C26H29NO3/c1-29-23-13-12-21(17-24(23)30-2)26(14-5-6-15-26)18-27-25(28)16-20-10-7-9-19-8-3-4-11-22(19)20/h3-4,7-13,17H,5-6,14-16,18H2,1-2H3,(H,27,28). The predicted molar refractivity (Wildman–Crippen MR) is 120 cm³/mol. The van der Waals surface area contributed by atoms with Gasteiger partial charge in [0, 0.05) is 12.0 Å². The lowest BCUT2D eigenvalue weighted by atomic mass is 9.78. The number of rotatable bonds is 7. The molecular formula is C26H29NO3. The summed E-state index contributed by atoms with van der Waals surface area (Å²) < 4.78 is 10.9. The second kappa shape index (κ2) is 8.78. The summed E-state index contributed by atoms with van der Waals surface area (Å²) in [6.45, 7) is 0.645. The molecule has 0 bridgehead atoms. The van der Waals surface area contributed by atoms with Crippen molar-refractivity contribution in [2.45, 2.75) is 37.5 Å². The normalized spacial score (nSPS) is 15.1. The Labute approximate surface area is 178 Å². The highest BCUT2D eigenvalue weighted by Gasteiger charge is 2.36. The zero-order chi connectivity index (χ0) is 21.0. The molecule has 0 unspecified atom stereocenters. The fraction of sp³-hybridized carbons (Fsp3) is 0.346. The molecule has 0 radical (unpaired) electrons. The smallest absolute Gasteiger partial charge is 0.224 e. The van der Waals surface area contributed by atoms with E-state index in [9.17, 15) is 4.79 Å². The van der Waals surface area contributed by atoms with Crippen LogP contribution in [0.15, 0.2) is 60.7 Å².